The van der Waals surface area contributed by atoms with E-state index in [1.54, 1.807) is 4.90 Å². The third kappa shape index (κ3) is 3.55. The molecule has 2 atom stereocenters. The van der Waals surface area contributed by atoms with E-state index in [0.717, 1.165) is 25.0 Å². The van der Waals surface area contributed by atoms with Gasteiger partial charge in [-0.25, -0.2) is 0 Å². The van der Waals surface area contributed by atoms with Gasteiger partial charge in [-0.15, -0.1) is 0 Å². The van der Waals surface area contributed by atoms with Crippen molar-refractivity contribution in [3.63, 3.8) is 0 Å². The summed E-state index contributed by atoms with van der Waals surface area (Å²) >= 11 is 0. The molecule has 1 aromatic carbocycles. The number of carbonyl (C=O) groups excluding carboxylic acids is 2. The van der Waals surface area contributed by atoms with Gasteiger partial charge >= 0.3 is 6.18 Å². The van der Waals surface area contributed by atoms with Crippen LogP contribution >= 0.6 is 0 Å². The van der Waals surface area contributed by atoms with E-state index >= 15 is 0 Å². The van der Waals surface area contributed by atoms with Crippen LogP contribution in [0.15, 0.2) is 24.3 Å². The number of hydrogen-bond acceptors (Lipinski definition) is 2. The summed E-state index contributed by atoms with van der Waals surface area (Å²) in [5.74, 6) is 0.357. The van der Waals surface area contributed by atoms with E-state index in [2.05, 4.69) is 5.32 Å². The zero-order chi connectivity index (χ0) is 17.3. The Bertz CT molecular complexity index is 628. The first-order valence-corrected chi connectivity index (χ1v) is 8.08. The number of amides is 2. The number of rotatable bonds is 1. The first-order valence-electron chi connectivity index (χ1n) is 8.08. The van der Waals surface area contributed by atoms with Crippen LogP contribution < -0.4 is 5.32 Å². The molecule has 3 rings (SSSR count). The van der Waals surface area contributed by atoms with Gasteiger partial charge in [0.15, 0.2) is 0 Å². The molecule has 0 bridgehead atoms. The fourth-order valence-electron chi connectivity index (χ4n) is 3.55. The molecule has 4 nitrogen and oxygen atoms in total. The summed E-state index contributed by atoms with van der Waals surface area (Å²) in [6, 6.07) is 4.34. The molecule has 0 saturated carbocycles. The summed E-state index contributed by atoms with van der Waals surface area (Å²) in [7, 11) is 0. The van der Waals surface area contributed by atoms with Crippen LogP contribution in [-0.2, 0) is 11.0 Å². The van der Waals surface area contributed by atoms with E-state index in [1.807, 2.05) is 0 Å². The van der Waals surface area contributed by atoms with Gasteiger partial charge in [0, 0.05) is 31.6 Å². The van der Waals surface area contributed by atoms with E-state index in [4.69, 9.17) is 0 Å². The molecular formula is C17H19F3N2O2. The molecular weight excluding hydrogens is 321 g/mol. The SMILES string of the molecule is O=C1CC2CCN(C(=O)c3ccc(C(F)(F)F)cc3)CC2CCN1. The number of nitrogens with zero attached hydrogens (tertiary/aromatic N) is 1. The summed E-state index contributed by atoms with van der Waals surface area (Å²) in [4.78, 5) is 25.8. The highest BCUT2D eigenvalue weighted by Gasteiger charge is 2.35. The average molecular weight is 340 g/mol. The van der Waals surface area contributed by atoms with E-state index < -0.39 is 11.7 Å². The lowest BCUT2D eigenvalue weighted by molar-refractivity contribution is -0.137. The van der Waals surface area contributed by atoms with Crippen molar-refractivity contribution in [1.29, 1.82) is 0 Å². The van der Waals surface area contributed by atoms with E-state index in [0.29, 0.717) is 26.1 Å². The van der Waals surface area contributed by atoms with Crippen molar-refractivity contribution in [2.24, 2.45) is 11.8 Å². The molecule has 2 amide bonds. The van der Waals surface area contributed by atoms with Crippen LogP contribution in [0, 0.1) is 11.8 Å². The lowest BCUT2D eigenvalue weighted by Gasteiger charge is -2.37. The predicted molar refractivity (Wildman–Crippen MR) is 81.2 cm³/mol. The second kappa shape index (κ2) is 6.45. The molecule has 1 N–H and O–H groups in total. The van der Waals surface area contributed by atoms with Gasteiger partial charge in [0.25, 0.3) is 5.91 Å². The van der Waals surface area contributed by atoms with Gasteiger partial charge in [-0.3, -0.25) is 9.59 Å². The monoisotopic (exact) mass is 340 g/mol. The number of likely N-dealkylation sites (tertiary alicyclic amines) is 1. The minimum absolute atomic E-state index is 0.0602. The Morgan fingerprint density at radius 2 is 1.83 bits per heavy atom. The number of carbonyl (C=O) groups is 2. The maximum atomic E-state index is 12.6. The molecule has 2 aliphatic heterocycles. The molecule has 2 unspecified atom stereocenters. The zero-order valence-corrected chi connectivity index (χ0v) is 13.1. The minimum atomic E-state index is -4.40. The number of fused-ring (bicyclic) bond motifs is 1. The molecule has 0 aromatic heterocycles. The normalized spacial score (nSPS) is 24.8. The highest BCUT2D eigenvalue weighted by atomic mass is 19.4. The van der Waals surface area contributed by atoms with Crippen molar-refractivity contribution in [2.75, 3.05) is 19.6 Å². The van der Waals surface area contributed by atoms with Gasteiger partial charge in [0.05, 0.1) is 5.56 Å². The highest BCUT2D eigenvalue weighted by Crippen LogP contribution is 2.32. The number of benzene rings is 1. The smallest absolute Gasteiger partial charge is 0.356 e. The first kappa shape index (κ1) is 16.8. The van der Waals surface area contributed by atoms with Crippen LogP contribution in [0.2, 0.25) is 0 Å². The Hall–Kier alpha value is -2.05. The molecule has 0 aliphatic carbocycles. The molecule has 2 aliphatic rings. The minimum Gasteiger partial charge on any atom is -0.356 e. The van der Waals surface area contributed by atoms with Crippen LogP contribution in [0.1, 0.15) is 35.2 Å². The van der Waals surface area contributed by atoms with Crippen molar-refractivity contribution in [3.05, 3.63) is 35.4 Å². The predicted octanol–water partition coefficient (Wildman–Crippen LogP) is 2.69. The molecule has 24 heavy (non-hydrogen) atoms. The Morgan fingerprint density at radius 1 is 1.12 bits per heavy atom. The maximum Gasteiger partial charge on any atom is 0.416 e. The quantitative estimate of drug-likeness (QED) is 0.855. The van der Waals surface area contributed by atoms with Crippen molar-refractivity contribution in [1.82, 2.24) is 10.2 Å². The standard InChI is InChI=1S/C17H19F3N2O2/c18-17(19,20)14-3-1-11(2-4-14)16(24)22-8-6-12-9-15(23)21-7-5-13(12)10-22/h1-4,12-13H,5-10H2,(H,21,23). The van der Waals surface area contributed by atoms with Gasteiger partial charge in [0.1, 0.15) is 0 Å². The first-order chi connectivity index (χ1) is 11.3. The molecule has 0 radical (unpaired) electrons. The second-order valence-corrected chi connectivity index (χ2v) is 6.48. The third-order valence-corrected chi connectivity index (χ3v) is 4.92. The van der Waals surface area contributed by atoms with Gasteiger partial charge < -0.3 is 10.2 Å². The van der Waals surface area contributed by atoms with Gasteiger partial charge in [-0.05, 0) is 48.9 Å². The van der Waals surface area contributed by atoms with Crippen LogP contribution in [0.25, 0.3) is 0 Å². The number of nitrogens with one attached hydrogen (secondary N) is 1. The highest BCUT2D eigenvalue weighted by molar-refractivity contribution is 5.94. The maximum absolute atomic E-state index is 12.6. The molecule has 2 saturated heterocycles. The van der Waals surface area contributed by atoms with Crippen LogP contribution in [-0.4, -0.2) is 36.3 Å². The summed E-state index contributed by atoms with van der Waals surface area (Å²) < 4.78 is 37.8. The summed E-state index contributed by atoms with van der Waals surface area (Å²) in [6.45, 7) is 1.70. The van der Waals surface area contributed by atoms with Crippen molar-refractivity contribution in [3.8, 4) is 0 Å². The second-order valence-electron chi connectivity index (χ2n) is 6.48. The Morgan fingerprint density at radius 3 is 2.50 bits per heavy atom. The molecule has 1 aromatic rings. The molecule has 2 fully saturated rings. The number of piperidine rings is 1. The molecule has 7 heteroatoms. The summed E-state index contributed by atoms with van der Waals surface area (Å²) in [5.41, 5.74) is -0.490. The van der Waals surface area contributed by atoms with Crippen molar-refractivity contribution < 1.29 is 22.8 Å². The van der Waals surface area contributed by atoms with Gasteiger partial charge in [-0.2, -0.15) is 13.2 Å². The topological polar surface area (TPSA) is 49.4 Å². The Balaban J connectivity index is 1.68. The number of halogens is 3. The van der Waals surface area contributed by atoms with E-state index in [-0.39, 0.29) is 29.2 Å². The van der Waals surface area contributed by atoms with Gasteiger partial charge in [0.2, 0.25) is 5.91 Å². The fourth-order valence-corrected chi connectivity index (χ4v) is 3.55. The van der Waals surface area contributed by atoms with Gasteiger partial charge in [-0.1, -0.05) is 0 Å². The molecule has 2 heterocycles. The Kier molecular flexibility index (Phi) is 4.51. The molecule has 130 valence electrons. The van der Waals surface area contributed by atoms with Crippen LogP contribution in [0.4, 0.5) is 13.2 Å². The largest absolute Gasteiger partial charge is 0.416 e. The summed E-state index contributed by atoms with van der Waals surface area (Å²) in [6.07, 6.45) is -2.33. The average Bonchev–Trinajstić information content (AvgIpc) is 2.73. The van der Waals surface area contributed by atoms with E-state index in [9.17, 15) is 22.8 Å². The third-order valence-electron chi connectivity index (χ3n) is 4.92. The zero-order valence-electron chi connectivity index (χ0n) is 13.1. The van der Waals surface area contributed by atoms with Crippen molar-refractivity contribution >= 4 is 11.8 Å². The van der Waals surface area contributed by atoms with Crippen LogP contribution in [0.5, 0.6) is 0 Å². The van der Waals surface area contributed by atoms with Crippen LogP contribution in [0.3, 0.4) is 0 Å². The van der Waals surface area contributed by atoms with Crippen molar-refractivity contribution in [2.45, 2.75) is 25.4 Å². The number of hydrogen-bond donors (Lipinski definition) is 1. The number of alkyl halides is 3. The fraction of sp³-hybridized carbons (Fsp3) is 0.529. The van der Waals surface area contributed by atoms with E-state index in [1.165, 1.54) is 12.1 Å². The molecule has 0 spiro atoms. The Labute approximate surface area is 138 Å². The lowest BCUT2D eigenvalue weighted by atomic mass is 9.82. The lowest BCUT2D eigenvalue weighted by Crippen LogP contribution is -2.43. The summed E-state index contributed by atoms with van der Waals surface area (Å²) in [5, 5.41) is 2.85.